The van der Waals surface area contributed by atoms with E-state index in [-0.39, 0.29) is 18.5 Å². The summed E-state index contributed by atoms with van der Waals surface area (Å²) in [5.74, 6) is 0.828. The Morgan fingerprint density at radius 3 is 2.77 bits per heavy atom. The molecule has 0 bridgehead atoms. The van der Waals surface area contributed by atoms with Gasteiger partial charge >= 0.3 is 0 Å². The molecule has 2 aromatic carbocycles. The molecule has 2 N–H and O–H groups in total. The highest BCUT2D eigenvalue weighted by molar-refractivity contribution is 5.70. The first-order valence-electron chi connectivity index (χ1n) is 8.03. The molecule has 0 radical (unpaired) electrons. The highest BCUT2D eigenvalue weighted by Gasteiger charge is 2.39. The van der Waals surface area contributed by atoms with Crippen molar-refractivity contribution in [3.8, 4) is 11.1 Å². The molecular formula is C19H20FNO. The predicted octanol–water partition coefficient (Wildman–Crippen LogP) is 4.16. The van der Waals surface area contributed by atoms with Gasteiger partial charge in [-0.1, -0.05) is 24.6 Å². The van der Waals surface area contributed by atoms with Crippen LogP contribution in [-0.2, 0) is 0 Å². The highest BCUT2D eigenvalue weighted by Crippen LogP contribution is 2.48. The van der Waals surface area contributed by atoms with Crippen molar-refractivity contribution in [1.29, 1.82) is 0 Å². The van der Waals surface area contributed by atoms with Crippen LogP contribution in [0.15, 0.2) is 42.5 Å². The van der Waals surface area contributed by atoms with Gasteiger partial charge in [0.15, 0.2) is 0 Å². The number of anilines is 1. The van der Waals surface area contributed by atoms with E-state index in [1.165, 1.54) is 30.9 Å². The normalized spacial score (nSPS) is 26.2. The Morgan fingerprint density at radius 2 is 1.95 bits per heavy atom. The van der Waals surface area contributed by atoms with E-state index in [0.717, 1.165) is 16.8 Å². The Labute approximate surface area is 130 Å². The summed E-state index contributed by atoms with van der Waals surface area (Å²) in [5, 5.41) is 13.1. The molecule has 3 atom stereocenters. The van der Waals surface area contributed by atoms with Gasteiger partial charge in [-0.15, -0.1) is 0 Å². The fourth-order valence-electron chi connectivity index (χ4n) is 4.19. The molecule has 4 rings (SSSR count). The van der Waals surface area contributed by atoms with Crippen LogP contribution in [-0.4, -0.2) is 17.8 Å². The standard InChI is InChI=1S/C19H20FNO/c20-14-4-1-3-12(9-14)13-7-8-18-17(10-13)15-5-2-6-16(15)19(11-22)21-18/h1,3-4,7-10,15-16,19,21-22H,2,5-6,11H2/t15-,16+,19+/m1/s1. The van der Waals surface area contributed by atoms with E-state index in [2.05, 4.69) is 17.4 Å². The van der Waals surface area contributed by atoms with Crippen molar-refractivity contribution in [2.24, 2.45) is 5.92 Å². The lowest BCUT2D eigenvalue weighted by atomic mass is 9.79. The fraction of sp³-hybridized carbons (Fsp3) is 0.368. The number of aliphatic hydroxyl groups is 1. The summed E-state index contributed by atoms with van der Waals surface area (Å²) in [6, 6.07) is 13.2. The number of rotatable bonds is 2. The molecule has 0 unspecified atom stereocenters. The van der Waals surface area contributed by atoms with Gasteiger partial charge in [0.2, 0.25) is 0 Å². The van der Waals surface area contributed by atoms with Crippen molar-refractivity contribution in [3.63, 3.8) is 0 Å². The molecule has 0 aromatic heterocycles. The Morgan fingerprint density at radius 1 is 1.09 bits per heavy atom. The van der Waals surface area contributed by atoms with Gasteiger partial charge in [-0.2, -0.15) is 0 Å². The van der Waals surface area contributed by atoms with E-state index in [1.54, 1.807) is 12.1 Å². The molecule has 1 heterocycles. The van der Waals surface area contributed by atoms with Crippen LogP contribution >= 0.6 is 0 Å². The maximum Gasteiger partial charge on any atom is 0.123 e. The monoisotopic (exact) mass is 297 g/mol. The zero-order chi connectivity index (χ0) is 15.1. The Bertz CT molecular complexity index is 700. The van der Waals surface area contributed by atoms with Crippen LogP contribution in [0.2, 0.25) is 0 Å². The van der Waals surface area contributed by atoms with Crippen LogP contribution in [0.1, 0.15) is 30.7 Å². The second kappa shape index (κ2) is 5.40. The van der Waals surface area contributed by atoms with Gasteiger partial charge in [-0.25, -0.2) is 4.39 Å². The van der Waals surface area contributed by atoms with Crippen LogP contribution in [0.4, 0.5) is 10.1 Å². The van der Waals surface area contributed by atoms with E-state index < -0.39 is 0 Å². The summed E-state index contributed by atoms with van der Waals surface area (Å²) in [4.78, 5) is 0. The first-order chi connectivity index (χ1) is 10.8. The molecule has 1 fully saturated rings. The molecule has 2 aliphatic rings. The number of benzene rings is 2. The van der Waals surface area contributed by atoms with Crippen LogP contribution in [0.5, 0.6) is 0 Å². The van der Waals surface area contributed by atoms with Crippen LogP contribution in [0.25, 0.3) is 11.1 Å². The molecule has 1 saturated carbocycles. The molecule has 0 spiro atoms. The van der Waals surface area contributed by atoms with Crippen molar-refractivity contribution in [3.05, 3.63) is 53.8 Å². The van der Waals surface area contributed by atoms with E-state index in [1.807, 2.05) is 12.1 Å². The summed E-state index contributed by atoms with van der Waals surface area (Å²) >= 11 is 0. The molecule has 1 aliphatic carbocycles. The number of halogens is 1. The van der Waals surface area contributed by atoms with E-state index in [9.17, 15) is 9.50 Å². The molecular weight excluding hydrogens is 277 g/mol. The zero-order valence-electron chi connectivity index (χ0n) is 12.4. The van der Waals surface area contributed by atoms with Gasteiger partial charge in [0.05, 0.1) is 12.6 Å². The summed E-state index contributed by atoms with van der Waals surface area (Å²) < 4.78 is 13.5. The van der Waals surface area contributed by atoms with Gasteiger partial charge in [-0.05, 0) is 65.6 Å². The van der Waals surface area contributed by atoms with E-state index >= 15 is 0 Å². The van der Waals surface area contributed by atoms with Crippen molar-refractivity contribution in [2.45, 2.75) is 31.2 Å². The van der Waals surface area contributed by atoms with Crippen molar-refractivity contribution in [2.75, 3.05) is 11.9 Å². The maximum atomic E-state index is 13.5. The molecule has 0 amide bonds. The number of nitrogens with one attached hydrogen (secondary N) is 1. The molecule has 114 valence electrons. The van der Waals surface area contributed by atoms with Gasteiger partial charge in [0.1, 0.15) is 5.82 Å². The second-order valence-electron chi connectivity index (χ2n) is 6.45. The van der Waals surface area contributed by atoms with Gasteiger partial charge in [0.25, 0.3) is 0 Å². The fourth-order valence-corrected chi connectivity index (χ4v) is 4.19. The lowest BCUT2D eigenvalue weighted by molar-refractivity contribution is 0.226. The highest BCUT2D eigenvalue weighted by atomic mass is 19.1. The second-order valence-corrected chi connectivity index (χ2v) is 6.45. The summed E-state index contributed by atoms with van der Waals surface area (Å²) in [5.41, 5.74) is 4.44. The number of hydrogen-bond acceptors (Lipinski definition) is 2. The molecule has 2 aromatic rings. The SMILES string of the molecule is OC[C@@H]1Nc2ccc(-c3cccc(F)c3)cc2[C@@H]2CCC[C@H]12. The Balaban J connectivity index is 1.77. The largest absolute Gasteiger partial charge is 0.394 e. The predicted molar refractivity (Wildman–Crippen MR) is 86.4 cm³/mol. The summed E-state index contributed by atoms with van der Waals surface area (Å²) in [6.07, 6.45) is 3.58. The molecule has 0 saturated heterocycles. The summed E-state index contributed by atoms with van der Waals surface area (Å²) in [7, 11) is 0. The molecule has 2 nitrogen and oxygen atoms in total. The topological polar surface area (TPSA) is 32.3 Å². The smallest absolute Gasteiger partial charge is 0.123 e. The van der Waals surface area contributed by atoms with Crippen molar-refractivity contribution in [1.82, 2.24) is 0 Å². The minimum Gasteiger partial charge on any atom is -0.394 e. The molecule has 22 heavy (non-hydrogen) atoms. The summed E-state index contributed by atoms with van der Waals surface area (Å²) in [6.45, 7) is 0.187. The minimum absolute atomic E-state index is 0.167. The third-order valence-corrected chi connectivity index (χ3v) is 5.23. The quantitative estimate of drug-likeness (QED) is 0.872. The van der Waals surface area contributed by atoms with E-state index in [0.29, 0.717) is 11.8 Å². The Kier molecular flexibility index (Phi) is 3.38. The minimum atomic E-state index is -0.201. The number of hydrogen-bond donors (Lipinski definition) is 2. The Hall–Kier alpha value is -1.87. The van der Waals surface area contributed by atoms with Crippen molar-refractivity contribution < 1.29 is 9.50 Å². The average Bonchev–Trinajstić information content (AvgIpc) is 3.03. The van der Waals surface area contributed by atoms with Crippen LogP contribution in [0.3, 0.4) is 0 Å². The zero-order valence-corrected chi connectivity index (χ0v) is 12.4. The van der Waals surface area contributed by atoms with Gasteiger partial charge < -0.3 is 10.4 Å². The lowest BCUT2D eigenvalue weighted by Crippen LogP contribution is -2.38. The molecule has 3 heteroatoms. The van der Waals surface area contributed by atoms with E-state index in [4.69, 9.17) is 0 Å². The van der Waals surface area contributed by atoms with Gasteiger partial charge in [-0.3, -0.25) is 0 Å². The average molecular weight is 297 g/mol. The lowest BCUT2D eigenvalue weighted by Gasteiger charge is -2.36. The number of aliphatic hydroxyl groups excluding tert-OH is 1. The third-order valence-electron chi connectivity index (χ3n) is 5.23. The maximum absolute atomic E-state index is 13.5. The van der Waals surface area contributed by atoms with Gasteiger partial charge in [0, 0.05) is 5.69 Å². The van der Waals surface area contributed by atoms with Crippen LogP contribution < -0.4 is 5.32 Å². The van der Waals surface area contributed by atoms with Crippen LogP contribution in [0, 0.1) is 11.7 Å². The first kappa shape index (κ1) is 13.8. The first-order valence-corrected chi connectivity index (χ1v) is 8.03. The van der Waals surface area contributed by atoms with Crippen molar-refractivity contribution >= 4 is 5.69 Å². The number of fused-ring (bicyclic) bond motifs is 3. The third kappa shape index (κ3) is 2.20. The molecule has 1 aliphatic heterocycles.